The van der Waals surface area contributed by atoms with Crippen molar-refractivity contribution in [2.45, 2.75) is 13.5 Å². The molecule has 184 valence electrons. The van der Waals surface area contributed by atoms with Crippen LogP contribution in [0.3, 0.4) is 0 Å². The average molecular weight is 591 g/mol. The maximum absolute atomic E-state index is 14.2. The summed E-state index contributed by atoms with van der Waals surface area (Å²) in [6.07, 6.45) is 1.52. The minimum atomic E-state index is -0.601. The molecule has 0 bridgehead atoms. The lowest BCUT2D eigenvalue weighted by Gasteiger charge is -2.14. The van der Waals surface area contributed by atoms with E-state index < -0.39 is 22.9 Å². The van der Waals surface area contributed by atoms with Gasteiger partial charge in [0.05, 0.1) is 28.1 Å². The zero-order chi connectivity index (χ0) is 25.8. The second-order valence-electron chi connectivity index (χ2n) is 7.49. The minimum absolute atomic E-state index is 0.0636. The van der Waals surface area contributed by atoms with E-state index in [1.165, 1.54) is 24.3 Å². The van der Waals surface area contributed by atoms with E-state index in [0.29, 0.717) is 22.2 Å². The molecule has 0 atom stereocenters. The Morgan fingerprint density at radius 1 is 1.14 bits per heavy atom. The number of carbonyl (C=O) groups excluding carboxylic acids is 3. The minimum Gasteiger partial charge on any atom is -0.490 e. The SMILES string of the molecule is CCOc1cc(/C=C2\SC(=O)N(Cc3c(F)cccc3Cl)C2=O)cc(Br)c1OC(=O)c1ccccc1. The molecule has 0 N–H and O–H groups in total. The maximum Gasteiger partial charge on any atom is 0.343 e. The van der Waals surface area contributed by atoms with Crippen LogP contribution < -0.4 is 9.47 Å². The van der Waals surface area contributed by atoms with Crippen molar-refractivity contribution < 1.29 is 28.2 Å². The number of imide groups is 1. The van der Waals surface area contributed by atoms with Crippen LogP contribution in [0, 0.1) is 5.82 Å². The first-order valence-corrected chi connectivity index (χ1v) is 12.7. The van der Waals surface area contributed by atoms with Crippen LogP contribution in [0.15, 0.2) is 70.0 Å². The summed E-state index contributed by atoms with van der Waals surface area (Å²) in [6, 6.07) is 15.9. The van der Waals surface area contributed by atoms with Gasteiger partial charge in [0.2, 0.25) is 0 Å². The largest absolute Gasteiger partial charge is 0.490 e. The third kappa shape index (κ3) is 5.64. The first-order valence-electron chi connectivity index (χ1n) is 10.7. The second kappa shape index (κ2) is 11.3. The number of hydrogen-bond acceptors (Lipinski definition) is 6. The van der Waals surface area contributed by atoms with E-state index >= 15 is 0 Å². The van der Waals surface area contributed by atoms with Crippen molar-refractivity contribution in [3.8, 4) is 11.5 Å². The van der Waals surface area contributed by atoms with Crippen LogP contribution >= 0.6 is 39.3 Å². The van der Waals surface area contributed by atoms with Crippen LogP contribution in [0.2, 0.25) is 5.02 Å². The molecular formula is C26H18BrClFNO5S. The van der Waals surface area contributed by atoms with Crippen molar-refractivity contribution in [3.63, 3.8) is 0 Å². The monoisotopic (exact) mass is 589 g/mol. The zero-order valence-electron chi connectivity index (χ0n) is 18.8. The molecule has 0 saturated carbocycles. The van der Waals surface area contributed by atoms with Gasteiger partial charge in [-0.2, -0.15) is 0 Å². The fourth-order valence-corrected chi connectivity index (χ4v) is 4.99. The van der Waals surface area contributed by atoms with E-state index in [0.717, 1.165) is 16.7 Å². The average Bonchev–Trinajstić information content (AvgIpc) is 3.11. The maximum atomic E-state index is 14.2. The summed E-state index contributed by atoms with van der Waals surface area (Å²) in [5.74, 6) is -1.27. The number of hydrogen-bond donors (Lipinski definition) is 0. The molecule has 36 heavy (non-hydrogen) atoms. The summed E-state index contributed by atoms with van der Waals surface area (Å²) >= 11 is 10.2. The summed E-state index contributed by atoms with van der Waals surface area (Å²) < 4.78 is 25.9. The molecule has 3 aromatic rings. The number of halogens is 3. The first kappa shape index (κ1) is 25.9. The van der Waals surface area contributed by atoms with Crippen LogP contribution in [0.4, 0.5) is 9.18 Å². The fraction of sp³-hybridized carbons (Fsp3) is 0.115. The van der Waals surface area contributed by atoms with Crippen LogP contribution in [-0.2, 0) is 11.3 Å². The normalized spacial score (nSPS) is 14.4. The number of rotatable bonds is 7. The molecule has 2 amide bonds. The smallest absolute Gasteiger partial charge is 0.343 e. The van der Waals surface area contributed by atoms with Crippen molar-refractivity contribution in [3.05, 3.63) is 97.6 Å². The predicted molar refractivity (Wildman–Crippen MR) is 140 cm³/mol. The molecule has 0 aromatic heterocycles. The molecular weight excluding hydrogens is 573 g/mol. The van der Waals surface area contributed by atoms with Gasteiger partial charge in [-0.3, -0.25) is 14.5 Å². The van der Waals surface area contributed by atoms with Crippen LogP contribution in [0.1, 0.15) is 28.4 Å². The van der Waals surface area contributed by atoms with Crippen LogP contribution in [0.5, 0.6) is 11.5 Å². The standard InChI is InChI=1S/C26H18BrClFNO5S/c1-2-34-21-12-15(11-18(27)23(21)35-25(32)16-7-4-3-5-8-16)13-22-24(31)30(26(33)36-22)14-17-19(28)9-6-10-20(17)29/h3-13H,2,14H2,1H3/b22-13-. The molecule has 6 nitrogen and oxygen atoms in total. The Hall–Kier alpha value is -3.14. The van der Waals surface area contributed by atoms with Crippen LogP contribution in [-0.4, -0.2) is 28.6 Å². The number of thioether (sulfide) groups is 1. The molecule has 1 saturated heterocycles. The van der Waals surface area contributed by atoms with Crippen molar-refractivity contribution >= 4 is 62.5 Å². The fourth-order valence-electron chi connectivity index (χ4n) is 3.39. The molecule has 0 spiro atoms. The lowest BCUT2D eigenvalue weighted by molar-refractivity contribution is -0.123. The molecule has 0 radical (unpaired) electrons. The molecule has 1 aliphatic rings. The number of carbonyl (C=O) groups is 3. The van der Waals surface area contributed by atoms with Crippen molar-refractivity contribution in [1.82, 2.24) is 4.90 Å². The van der Waals surface area contributed by atoms with Gasteiger partial charge >= 0.3 is 5.97 Å². The summed E-state index contributed by atoms with van der Waals surface area (Å²) in [7, 11) is 0. The van der Waals surface area contributed by atoms with Crippen molar-refractivity contribution in [1.29, 1.82) is 0 Å². The Balaban J connectivity index is 1.60. The molecule has 1 aliphatic heterocycles. The molecule has 1 heterocycles. The van der Waals surface area contributed by atoms with Gasteiger partial charge in [-0.05, 0) is 82.7 Å². The molecule has 0 aliphatic carbocycles. The van der Waals surface area contributed by atoms with E-state index in [9.17, 15) is 18.8 Å². The van der Waals surface area contributed by atoms with Gasteiger partial charge in [-0.25, -0.2) is 9.18 Å². The van der Waals surface area contributed by atoms with Gasteiger partial charge in [-0.15, -0.1) is 0 Å². The Morgan fingerprint density at radius 2 is 1.89 bits per heavy atom. The Bertz CT molecular complexity index is 1360. The predicted octanol–water partition coefficient (Wildman–Crippen LogP) is 7.10. The molecule has 3 aromatic carbocycles. The zero-order valence-corrected chi connectivity index (χ0v) is 22.0. The third-order valence-corrected chi connectivity index (χ3v) is 6.94. The Labute approximate surface area is 224 Å². The Kier molecular flexibility index (Phi) is 8.13. The van der Waals surface area contributed by atoms with Gasteiger partial charge in [0.15, 0.2) is 11.5 Å². The van der Waals surface area contributed by atoms with Crippen LogP contribution in [0.25, 0.3) is 6.08 Å². The highest BCUT2D eigenvalue weighted by atomic mass is 79.9. The highest BCUT2D eigenvalue weighted by Crippen LogP contribution is 2.40. The first-order chi connectivity index (χ1) is 17.3. The van der Waals surface area contributed by atoms with Gasteiger partial charge in [0.1, 0.15) is 5.82 Å². The van der Waals surface area contributed by atoms with E-state index in [4.69, 9.17) is 21.1 Å². The second-order valence-corrected chi connectivity index (χ2v) is 9.74. The topological polar surface area (TPSA) is 72.9 Å². The molecule has 1 fully saturated rings. The quantitative estimate of drug-likeness (QED) is 0.166. The van der Waals surface area contributed by atoms with Gasteiger partial charge in [-0.1, -0.05) is 35.9 Å². The number of esters is 1. The third-order valence-electron chi connectivity index (χ3n) is 5.09. The molecule has 0 unspecified atom stereocenters. The highest BCUT2D eigenvalue weighted by Gasteiger charge is 2.36. The molecule has 4 rings (SSSR count). The van der Waals surface area contributed by atoms with E-state index in [2.05, 4.69) is 15.9 Å². The summed E-state index contributed by atoms with van der Waals surface area (Å²) in [4.78, 5) is 39.1. The summed E-state index contributed by atoms with van der Waals surface area (Å²) in [5.41, 5.74) is 0.965. The lowest BCUT2D eigenvalue weighted by atomic mass is 10.1. The number of benzene rings is 3. The lowest BCUT2D eigenvalue weighted by Crippen LogP contribution is -2.28. The summed E-state index contributed by atoms with van der Waals surface area (Å²) in [5, 5.41) is -0.410. The highest BCUT2D eigenvalue weighted by molar-refractivity contribution is 9.10. The van der Waals surface area contributed by atoms with Gasteiger partial charge in [0, 0.05) is 10.6 Å². The van der Waals surface area contributed by atoms with Gasteiger partial charge in [0.25, 0.3) is 11.1 Å². The van der Waals surface area contributed by atoms with E-state index in [-0.39, 0.29) is 33.5 Å². The summed E-state index contributed by atoms with van der Waals surface area (Å²) in [6.45, 7) is 1.80. The Morgan fingerprint density at radius 3 is 2.58 bits per heavy atom. The number of ether oxygens (including phenoxy) is 2. The molecule has 10 heteroatoms. The number of nitrogens with zero attached hydrogens (tertiary/aromatic N) is 1. The van der Waals surface area contributed by atoms with E-state index in [1.54, 1.807) is 49.4 Å². The van der Waals surface area contributed by atoms with E-state index in [1.807, 2.05) is 0 Å². The van der Waals surface area contributed by atoms with Gasteiger partial charge < -0.3 is 9.47 Å². The van der Waals surface area contributed by atoms with Crippen molar-refractivity contribution in [2.24, 2.45) is 0 Å². The van der Waals surface area contributed by atoms with Crippen molar-refractivity contribution in [2.75, 3.05) is 6.61 Å². The number of amides is 2.